The highest BCUT2D eigenvalue weighted by Crippen LogP contribution is 2.45. The Morgan fingerprint density at radius 1 is 1.23 bits per heavy atom. The molecule has 0 bridgehead atoms. The average molecular weight is 295 g/mol. The molecule has 1 aliphatic rings. The van der Waals surface area contributed by atoms with Gasteiger partial charge >= 0.3 is 0 Å². The van der Waals surface area contributed by atoms with Crippen molar-refractivity contribution in [2.75, 3.05) is 7.05 Å². The zero-order valence-corrected chi connectivity index (χ0v) is 12.9. The summed E-state index contributed by atoms with van der Waals surface area (Å²) < 4.78 is 0. The van der Waals surface area contributed by atoms with Gasteiger partial charge in [0, 0.05) is 19.4 Å². The highest BCUT2D eigenvalue weighted by Gasteiger charge is 2.45. The normalized spacial score (nSPS) is 15.9. The minimum Gasteiger partial charge on any atom is -0.339 e. The van der Waals surface area contributed by atoms with Gasteiger partial charge < -0.3 is 4.90 Å². The minimum atomic E-state index is -0.224. The molecule has 1 fully saturated rings. The Labute approximate surface area is 131 Å². The van der Waals surface area contributed by atoms with Crippen LogP contribution >= 0.6 is 0 Å². The van der Waals surface area contributed by atoms with Crippen LogP contribution in [0, 0.1) is 5.41 Å². The van der Waals surface area contributed by atoms with Crippen molar-refractivity contribution in [3.05, 3.63) is 60.2 Å². The second kappa shape index (κ2) is 6.26. The highest BCUT2D eigenvalue weighted by molar-refractivity contribution is 5.83. The first-order valence-electron chi connectivity index (χ1n) is 7.74. The van der Waals surface area contributed by atoms with Gasteiger partial charge in [0.2, 0.25) is 5.91 Å². The molecule has 0 N–H and O–H groups in total. The van der Waals surface area contributed by atoms with Gasteiger partial charge in [0.1, 0.15) is 0 Å². The van der Waals surface area contributed by atoms with Gasteiger partial charge in [-0.05, 0) is 24.8 Å². The molecule has 1 saturated carbocycles. The predicted octanol–water partition coefficient (Wildman–Crippen LogP) is 2.85. The third-order valence-electron chi connectivity index (χ3n) is 4.51. The first-order chi connectivity index (χ1) is 10.7. The molecule has 0 unspecified atom stereocenters. The predicted molar refractivity (Wildman–Crippen MR) is 84.9 cm³/mol. The number of benzene rings is 1. The van der Waals surface area contributed by atoms with Crippen molar-refractivity contribution in [2.24, 2.45) is 5.41 Å². The lowest BCUT2D eigenvalue weighted by molar-refractivity contribution is -0.146. The van der Waals surface area contributed by atoms with E-state index in [-0.39, 0.29) is 11.3 Å². The van der Waals surface area contributed by atoms with E-state index in [0.29, 0.717) is 6.54 Å². The lowest BCUT2D eigenvalue weighted by Crippen LogP contribution is -2.47. The average Bonchev–Trinajstić information content (AvgIpc) is 2.52. The molecule has 1 aliphatic carbocycles. The standard InChI is InChI=1S/C18H21N3O/c1-21(14-16-13-19-10-11-20-16)17(22)18(8-5-9-18)12-15-6-3-2-4-7-15/h2-4,6-7,10-11,13H,5,8-9,12,14H2,1H3. The zero-order valence-electron chi connectivity index (χ0n) is 12.9. The van der Waals surface area contributed by atoms with Crippen molar-refractivity contribution in [2.45, 2.75) is 32.2 Å². The van der Waals surface area contributed by atoms with Crippen LogP contribution in [-0.4, -0.2) is 27.8 Å². The first-order valence-corrected chi connectivity index (χ1v) is 7.74. The van der Waals surface area contributed by atoms with Gasteiger partial charge in [0.25, 0.3) is 0 Å². The number of carbonyl (C=O) groups excluding carboxylic acids is 1. The molecule has 1 aromatic carbocycles. The maximum atomic E-state index is 12.9. The Bertz CT molecular complexity index is 623. The van der Waals surface area contributed by atoms with Crippen molar-refractivity contribution in [1.29, 1.82) is 0 Å². The Balaban J connectivity index is 1.71. The summed E-state index contributed by atoms with van der Waals surface area (Å²) in [6.45, 7) is 0.517. The van der Waals surface area contributed by atoms with Crippen LogP contribution in [0.15, 0.2) is 48.9 Å². The third kappa shape index (κ3) is 3.01. The lowest BCUT2D eigenvalue weighted by atomic mass is 9.64. The maximum absolute atomic E-state index is 12.9. The van der Waals surface area contributed by atoms with E-state index in [4.69, 9.17) is 0 Å². The van der Waals surface area contributed by atoms with Crippen LogP contribution in [-0.2, 0) is 17.8 Å². The van der Waals surface area contributed by atoms with Gasteiger partial charge in [0.15, 0.2) is 0 Å². The van der Waals surface area contributed by atoms with Gasteiger partial charge in [0.05, 0.1) is 23.9 Å². The van der Waals surface area contributed by atoms with E-state index in [2.05, 4.69) is 22.1 Å². The molecule has 0 aliphatic heterocycles. The monoisotopic (exact) mass is 295 g/mol. The largest absolute Gasteiger partial charge is 0.339 e. The summed E-state index contributed by atoms with van der Waals surface area (Å²) >= 11 is 0. The number of carbonyl (C=O) groups is 1. The molecule has 2 aromatic rings. The van der Waals surface area contributed by atoms with Crippen LogP contribution < -0.4 is 0 Å². The molecule has 4 heteroatoms. The van der Waals surface area contributed by atoms with E-state index < -0.39 is 0 Å². The molecular weight excluding hydrogens is 274 g/mol. The Morgan fingerprint density at radius 3 is 2.59 bits per heavy atom. The van der Waals surface area contributed by atoms with Crippen LogP contribution in [0.2, 0.25) is 0 Å². The number of aromatic nitrogens is 2. The lowest BCUT2D eigenvalue weighted by Gasteiger charge is -2.43. The molecular formula is C18H21N3O. The summed E-state index contributed by atoms with van der Waals surface area (Å²) in [4.78, 5) is 23.0. The quantitative estimate of drug-likeness (QED) is 0.852. The molecule has 4 nitrogen and oxygen atoms in total. The second-order valence-electron chi connectivity index (χ2n) is 6.15. The van der Waals surface area contributed by atoms with Crippen molar-refractivity contribution in [3.8, 4) is 0 Å². The van der Waals surface area contributed by atoms with Crippen molar-refractivity contribution < 1.29 is 4.79 Å². The smallest absolute Gasteiger partial charge is 0.229 e. The summed E-state index contributed by atoms with van der Waals surface area (Å²) in [6, 6.07) is 10.3. The topological polar surface area (TPSA) is 46.1 Å². The fraction of sp³-hybridized carbons (Fsp3) is 0.389. The number of amides is 1. The number of nitrogens with zero attached hydrogens (tertiary/aromatic N) is 3. The van der Waals surface area contributed by atoms with E-state index >= 15 is 0 Å². The van der Waals surface area contributed by atoms with E-state index in [1.165, 1.54) is 5.56 Å². The molecule has 0 spiro atoms. The van der Waals surface area contributed by atoms with E-state index in [9.17, 15) is 4.79 Å². The summed E-state index contributed by atoms with van der Waals surface area (Å²) in [5.41, 5.74) is 1.84. The number of hydrogen-bond acceptors (Lipinski definition) is 3. The number of rotatable bonds is 5. The first kappa shape index (κ1) is 14.7. The zero-order chi connectivity index (χ0) is 15.4. The Morgan fingerprint density at radius 2 is 2.00 bits per heavy atom. The van der Waals surface area contributed by atoms with E-state index in [0.717, 1.165) is 31.4 Å². The van der Waals surface area contributed by atoms with Gasteiger partial charge in [-0.2, -0.15) is 0 Å². The minimum absolute atomic E-state index is 0.224. The van der Waals surface area contributed by atoms with Gasteiger partial charge in [-0.25, -0.2) is 0 Å². The molecule has 114 valence electrons. The summed E-state index contributed by atoms with van der Waals surface area (Å²) in [6.07, 6.45) is 8.95. The van der Waals surface area contributed by atoms with Gasteiger partial charge in [-0.15, -0.1) is 0 Å². The second-order valence-corrected chi connectivity index (χ2v) is 6.15. The SMILES string of the molecule is CN(Cc1cnccn1)C(=O)C1(Cc2ccccc2)CCC1. The van der Waals surface area contributed by atoms with Crippen LogP contribution in [0.3, 0.4) is 0 Å². The molecule has 22 heavy (non-hydrogen) atoms. The fourth-order valence-electron chi connectivity index (χ4n) is 3.19. The van der Waals surface area contributed by atoms with Crippen molar-refractivity contribution in [1.82, 2.24) is 14.9 Å². The summed E-state index contributed by atoms with van der Waals surface area (Å²) in [5, 5.41) is 0. The molecule has 1 amide bonds. The Kier molecular flexibility index (Phi) is 4.18. The molecule has 3 rings (SSSR count). The maximum Gasteiger partial charge on any atom is 0.229 e. The molecule has 0 radical (unpaired) electrons. The fourth-order valence-corrected chi connectivity index (χ4v) is 3.19. The molecule has 1 aromatic heterocycles. The van der Waals surface area contributed by atoms with Crippen molar-refractivity contribution >= 4 is 5.91 Å². The van der Waals surface area contributed by atoms with E-state index in [1.54, 1.807) is 23.5 Å². The van der Waals surface area contributed by atoms with Gasteiger partial charge in [-0.3, -0.25) is 14.8 Å². The van der Waals surface area contributed by atoms with Crippen LogP contribution in [0.1, 0.15) is 30.5 Å². The van der Waals surface area contributed by atoms with Crippen LogP contribution in [0.5, 0.6) is 0 Å². The molecule has 1 heterocycles. The van der Waals surface area contributed by atoms with Crippen LogP contribution in [0.4, 0.5) is 0 Å². The molecule has 0 atom stereocenters. The summed E-state index contributed by atoms with van der Waals surface area (Å²) in [5.74, 6) is 0.230. The summed E-state index contributed by atoms with van der Waals surface area (Å²) in [7, 11) is 1.86. The van der Waals surface area contributed by atoms with Crippen molar-refractivity contribution in [3.63, 3.8) is 0 Å². The van der Waals surface area contributed by atoms with E-state index in [1.807, 2.05) is 25.2 Å². The highest BCUT2D eigenvalue weighted by atomic mass is 16.2. The number of hydrogen-bond donors (Lipinski definition) is 0. The molecule has 0 saturated heterocycles. The Hall–Kier alpha value is -2.23. The van der Waals surface area contributed by atoms with Gasteiger partial charge in [-0.1, -0.05) is 36.8 Å². The van der Waals surface area contributed by atoms with Crippen LogP contribution in [0.25, 0.3) is 0 Å². The third-order valence-corrected chi connectivity index (χ3v) is 4.51.